The van der Waals surface area contributed by atoms with E-state index in [0.717, 1.165) is 35.1 Å². The summed E-state index contributed by atoms with van der Waals surface area (Å²) in [6.45, 7) is 9.08. The van der Waals surface area contributed by atoms with Crippen LogP contribution in [0.4, 0.5) is 0 Å². The summed E-state index contributed by atoms with van der Waals surface area (Å²) in [5.74, 6) is 1.54. The molecule has 9 heteroatoms. The molecule has 0 aliphatic heterocycles. The van der Waals surface area contributed by atoms with Gasteiger partial charge in [-0.1, -0.05) is 25.5 Å². The number of hydrogen-bond donors (Lipinski definition) is 0. The average molecular weight is 471 g/mol. The molecular formula is C25H34N4O5. The van der Waals surface area contributed by atoms with Crippen LogP contribution in [0.15, 0.2) is 24.3 Å². The van der Waals surface area contributed by atoms with Gasteiger partial charge in [-0.2, -0.15) is 10.1 Å². The molecule has 1 atom stereocenters. The molecule has 2 aromatic heterocycles. The highest BCUT2D eigenvalue weighted by atomic mass is 16.6. The lowest BCUT2D eigenvalue weighted by molar-refractivity contribution is -0.156. The highest BCUT2D eigenvalue weighted by Gasteiger charge is 2.20. The Bertz CT molecular complexity index is 1080. The zero-order valence-electron chi connectivity index (χ0n) is 20.7. The second-order valence-electron chi connectivity index (χ2n) is 7.83. The molecule has 0 amide bonds. The maximum atomic E-state index is 12.1. The van der Waals surface area contributed by atoms with E-state index in [2.05, 4.69) is 22.0 Å². The first-order valence-electron chi connectivity index (χ1n) is 11.8. The van der Waals surface area contributed by atoms with Crippen LogP contribution >= 0.6 is 0 Å². The van der Waals surface area contributed by atoms with Gasteiger partial charge in [-0.05, 0) is 44.9 Å². The maximum absolute atomic E-state index is 12.1. The molecule has 0 radical (unpaired) electrons. The number of benzene rings is 1. The Morgan fingerprint density at radius 2 is 1.76 bits per heavy atom. The van der Waals surface area contributed by atoms with Crippen LogP contribution in [0.2, 0.25) is 0 Å². The van der Waals surface area contributed by atoms with E-state index in [9.17, 15) is 4.79 Å². The van der Waals surface area contributed by atoms with Crippen LogP contribution in [0, 0.1) is 6.92 Å². The number of aryl methyl sites for hydroxylation is 3. The molecule has 1 unspecified atom stereocenters. The Morgan fingerprint density at radius 1 is 1.03 bits per heavy atom. The zero-order valence-corrected chi connectivity index (χ0v) is 20.7. The first-order valence-corrected chi connectivity index (χ1v) is 11.8. The lowest BCUT2D eigenvalue weighted by atomic mass is 10.1. The highest BCUT2D eigenvalue weighted by molar-refractivity contribution is 5.82. The van der Waals surface area contributed by atoms with Crippen LogP contribution < -0.4 is 9.47 Å². The summed E-state index contributed by atoms with van der Waals surface area (Å²) in [7, 11) is 1.88. The average Bonchev–Trinajstić information content (AvgIpc) is 3.12. The molecule has 9 nitrogen and oxygen atoms in total. The number of ether oxygens (including phenoxy) is 4. The molecule has 184 valence electrons. The molecule has 0 fully saturated rings. The van der Waals surface area contributed by atoms with Crippen molar-refractivity contribution in [3.05, 3.63) is 41.3 Å². The van der Waals surface area contributed by atoms with Gasteiger partial charge in [0.25, 0.3) is 0 Å². The minimum absolute atomic E-state index is 0.330. The van der Waals surface area contributed by atoms with Gasteiger partial charge in [-0.3, -0.25) is 4.68 Å². The fraction of sp³-hybridized carbons (Fsp3) is 0.520. The van der Waals surface area contributed by atoms with Crippen molar-refractivity contribution in [1.82, 2.24) is 19.7 Å². The monoisotopic (exact) mass is 470 g/mol. The topological polar surface area (TPSA) is 97.6 Å². The lowest BCUT2D eigenvalue weighted by Crippen LogP contribution is -2.28. The lowest BCUT2D eigenvalue weighted by Gasteiger charge is -2.16. The first kappa shape index (κ1) is 25.4. The van der Waals surface area contributed by atoms with Crippen LogP contribution in [0.5, 0.6) is 11.6 Å². The van der Waals surface area contributed by atoms with Crippen molar-refractivity contribution >= 4 is 17.0 Å². The van der Waals surface area contributed by atoms with Crippen molar-refractivity contribution in [1.29, 1.82) is 0 Å². The van der Waals surface area contributed by atoms with Gasteiger partial charge in [0.2, 0.25) is 5.88 Å². The minimum Gasteiger partial charge on any atom is -0.490 e. The van der Waals surface area contributed by atoms with Crippen molar-refractivity contribution in [2.45, 2.75) is 53.1 Å². The number of carbonyl (C=O) groups excluding carboxylic acids is 1. The third-order valence-electron chi connectivity index (χ3n) is 5.17. The summed E-state index contributed by atoms with van der Waals surface area (Å²) < 4.78 is 24.2. The normalized spacial score (nSPS) is 12.0. The number of aromatic nitrogens is 4. The Hall–Kier alpha value is -3.20. The third-order valence-corrected chi connectivity index (χ3v) is 5.17. The van der Waals surface area contributed by atoms with Crippen LogP contribution in [-0.4, -0.2) is 58.2 Å². The van der Waals surface area contributed by atoms with Crippen LogP contribution in [0.25, 0.3) is 11.0 Å². The molecule has 0 N–H and O–H groups in total. The Morgan fingerprint density at radius 3 is 2.44 bits per heavy atom. The fourth-order valence-corrected chi connectivity index (χ4v) is 3.70. The summed E-state index contributed by atoms with van der Waals surface area (Å²) in [6, 6.07) is 7.58. The van der Waals surface area contributed by atoms with E-state index in [1.807, 2.05) is 45.2 Å². The zero-order chi connectivity index (χ0) is 24.5. The molecule has 0 saturated carbocycles. The molecule has 1 aromatic carbocycles. The van der Waals surface area contributed by atoms with Crippen molar-refractivity contribution in [2.75, 3.05) is 26.4 Å². The van der Waals surface area contributed by atoms with Crippen LogP contribution in [0.1, 0.15) is 44.3 Å². The van der Waals surface area contributed by atoms with E-state index in [1.54, 1.807) is 11.6 Å². The Labute approximate surface area is 200 Å². The van der Waals surface area contributed by atoms with E-state index in [-0.39, 0.29) is 5.97 Å². The van der Waals surface area contributed by atoms with Crippen molar-refractivity contribution in [3.63, 3.8) is 0 Å². The Kier molecular flexibility index (Phi) is 9.21. The molecule has 3 rings (SSSR count). The van der Waals surface area contributed by atoms with Gasteiger partial charge in [0.05, 0.1) is 12.3 Å². The van der Waals surface area contributed by atoms with E-state index in [4.69, 9.17) is 18.9 Å². The van der Waals surface area contributed by atoms with E-state index in [0.29, 0.717) is 50.3 Å². The van der Waals surface area contributed by atoms with E-state index in [1.165, 1.54) is 0 Å². The number of esters is 1. The summed E-state index contributed by atoms with van der Waals surface area (Å²) >= 11 is 0. The molecule has 34 heavy (non-hydrogen) atoms. The summed E-state index contributed by atoms with van der Waals surface area (Å²) in [5.41, 5.74) is 3.56. The number of rotatable bonds is 13. The van der Waals surface area contributed by atoms with Crippen molar-refractivity contribution in [3.8, 4) is 11.6 Å². The number of carbonyl (C=O) groups is 1. The van der Waals surface area contributed by atoms with Gasteiger partial charge in [0.15, 0.2) is 6.10 Å². The van der Waals surface area contributed by atoms with E-state index >= 15 is 0 Å². The second-order valence-corrected chi connectivity index (χ2v) is 7.83. The molecular weight excluding hydrogens is 436 g/mol. The largest absolute Gasteiger partial charge is 0.490 e. The molecule has 0 saturated heterocycles. The molecule has 0 aliphatic rings. The van der Waals surface area contributed by atoms with Gasteiger partial charge < -0.3 is 18.9 Å². The van der Waals surface area contributed by atoms with Gasteiger partial charge in [-0.25, -0.2) is 9.78 Å². The van der Waals surface area contributed by atoms with Crippen LogP contribution in [0.3, 0.4) is 0 Å². The maximum Gasteiger partial charge on any atom is 0.335 e. The van der Waals surface area contributed by atoms with Crippen molar-refractivity contribution in [2.24, 2.45) is 7.05 Å². The molecule has 2 heterocycles. The standard InChI is InChI=1S/C25H34N4O5/c1-6-9-20-22-23(29(5)28-20)24(27-17(4)26-22)34-15-14-33-19-12-10-18(11-13-19)16-21(31-7-2)25(30)32-8-3/h10-13,21H,6-9,14-16H2,1-5H3. The number of nitrogens with zero attached hydrogens (tertiary/aromatic N) is 4. The Balaban J connectivity index is 1.56. The van der Waals surface area contributed by atoms with Gasteiger partial charge in [-0.15, -0.1) is 0 Å². The number of fused-ring (bicyclic) bond motifs is 1. The predicted octanol–water partition coefficient (Wildman–Crippen LogP) is 3.59. The molecule has 0 aliphatic carbocycles. The number of hydrogen-bond acceptors (Lipinski definition) is 8. The molecule has 0 bridgehead atoms. The molecule has 0 spiro atoms. The summed E-state index contributed by atoms with van der Waals surface area (Å²) in [5, 5.41) is 4.58. The van der Waals surface area contributed by atoms with Gasteiger partial charge in [0, 0.05) is 20.1 Å². The van der Waals surface area contributed by atoms with Crippen molar-refractivity contribution < 1.29 is 23.7 Å². The van der Waals surface area contributed by atoms with E-state index < -0.39 is 6.10 Å². The summed E-state index contributed by atoms with van der Waals surface area (Å²) in [4.78, 5) is 21.1. The predicted molar refractivity (Wildman–Crippen MR) is 128 cm³/mol. The van der Waals surface area contributed by atoms with Crippen LogP contribution in [-0.2, 0) is 34.2 Å². The SMILES string of the molecule is CCCc1nn(C)c2c(OCCOc3ccc(CC(OCC)C(=O)OCC)cc3)nc(C)nc12. The second kappa shape index (κ2) is 12.3. The third kappa shape index (κ3) is 6.44. The fourth-order valence-electron chi connectivity index (χ4n) is 3.70. The smallest absolute Gasteiger partial charge is 0.335 e. The first-order chi connectivity index (χ1) is 16.5. The summed E-state index contributed by atoms with van der Waals surface area (Å²) in [6.07, 6.45) is 1.69. The van der Waals surface area contributed by atoms with Gasteiger partial charge in [0.1, 0.15) is 35.8 Å². The quantitative estimate of drug-likeness (QED) is 0.276. The minimum atomic E-state index is -0.608. The highest BCUT2D eigenvalue weighted by Crippen LogP contribution is 2.25. The van der Waals surface area contributed by atoms with Gasteiger partial charge >= 0.3 is 5.97 Å². The molecule has 3 aromatic rings.